The molecule has 2 rings (SSSR count). The van der Waals surface area contributed by atoms with E-state index in [0.717, 1.165) is 5.46 Å². The van der Waals surface area contributed by atoms with E-state index in [4.69, 9.17) is 9.31 Å². The van der Waals surface area contributed by atoms with Crippen molar-refractivity contribution in [2.24, 2.45) is 0 Å². The molecule has 1 saturated heterocycles. The molecule has 0 bridgehead atoms. The normalized spacial score (nSPS) is 21.1. The van der Waals surface area contributed by atoms with Crippen molar-refractivity contribution in [2.45, 2.75) is 62.3 Å². The van der Waals surface area contributed by atoms with Gasteiger partial charge in [-0.2, -0.15) is 0 Å². The molecule has 0 radical (unpaired) electrons. The molecule has 1 heterocycles. The molecule has 0 aromatic heterocycles. The van der Waals surface area contributed by atoms with Crippen LogP contribution in [0, 0.1) is 0 Å². The summed E-state index contributed by atoms with van der Waals surface area (Å²) in [5.41, 5.74) is 0.00766. The van der Waals surface area contributed by atoms with Crippen LogP contribution in [0.3, 0.4) is 0 Å². The second kappa shape index (κ2) is 5.11. The van der Waals surface area contributed by atoms with Gasteiger partial charge in [0, 0.05) is 4.65 Å². The third kappa shape index (κ3) is 2.86. The predicted octanol–water partition coefficient (Wildman–Crippen LogP) is 1.13. The summed E-state index contributed by atoms with van der Waals surface area (Å²) in [5, 5.41) is 0. The summed E-state index contributed by atoms with van der Waals surface area (Å²) >= 11 is 0. The Morgan fingerprint density at radius 1 is 1.00 bits per heavy atom. The van der Waals surface area contributed by atoms with E-state index in [1.54, 1.807) is 46.0 Å². The Kier molecular flexibility index (Phi) is 4.08. The molecule has 0 N–H and O–H groups in total. The fourth-order valence-corrected chi connectivity index (χ4v) is 3.34. The van der Waals surface area contributed by atoms with Crippen LogP contribution in [0.15, 0.2) is 29.2 Å². The van der Waals surface area contributed by atoms with E-state index in [2.05, 4.69) is 0 Å². The predicted molar refractivity (Wildman–Crippen MR) is 92.0 cm³/mol. The fraction of sp³-hybridized carbons (Fsp3) is 0.600. The maximum absolute atomic E-state index is 12.4. The Morgan fingerprint density at radius 3 is 1.77 bits per heavy atom. The van der Waals surface area contributed by atoms with Gasteiger partial charge in [0.25, 0.3) is 0 Å². The van der Waals surface area contributed by atoms with Gasteiger partial charge < -0.3 is 9.31 Å². The van der Waals surface area contributed by atoms with Gasteiger partial charge in [-0.25, -0.2) is 8.42 Å². The molecule has 1 aliphatic heterocycles. The second-order valence-electron chi connectivity index (χ2n) is 7.77. The Bertz CT molecular complexity index is 642. The van der Waals surface area contributed by atoms with Gasteiger partial charge in [-0.15, -0.1) is 0 Å². The largest absolute Gasteiger partial charge is 0.494 e. The molecule has 1 aliphatic rings. The Morgan fingerprint density at radius 2 is 1.41 bits per heavy atom. The van der Waals surface area contributed by atoms with Crippen molar-refractivity contribution in [1.29, 1.82) is 0 Å². The maximum Gasteiger partial charge on any atom is 0.494 e. The first-order valence-electron chi connectivity index (χ1n) is 7.48. The molecule has 0 aliphatic carbocycles. The highest BCUT2D eigenvalue weighted by atomic mass is 32.2. The number of rotatable bonds is 3. The molecule has 0 spiro atoms. The number of hydrogen-bond acceptors (Lipinski definition) is 4. The quantitative estimate of drug-likeness (QED) is 0.783. The summed E-state index contributed by atoms with van der Waals surface area (Å²) in [7, 11) is -2.12. The van der Waals surface area contributed by atoms with Crippen LogP contribution in [0.5, 0.6) is 0 Å². The third-order valence-corrected chi connectivity index (χ3v) is 7.03. The van der Waals surface area contributed by atoms with Crippen LogP contribution in [0.4, 0.5) is 0 Å². The van der Waals surface area contributed by atoms with Crippen LogP contribution >= 0.6 is 0 Å². The van der Waals surface area contributed by atoms with Gasteiger partial charge in [-0.3, -0.25) is 0 Å². The van der Waals surface area contributed by atoms with Crippen LogP contribution in [-0.2, 0) is 19.1 Å². The van der Waals surface area contributed by atoms with E-state index >= 15 is 0 Å². The first-order valence-corrected chi connectivity index (χ1v) is 8.96. The average molecular weight is 322 g/mol. The molecule has 1 aromatic rings. The highest BCUT2D eigenvalue weighted by Crippen LogP contribution is 2.36. The van der Waals surface area contributed by atoms with Gasteiger partial charge in [0.2, 0.25) is 0 Å². The Labute approximate surface area is 135 Å². The van der Waals surface area contributed by atoms with E-state index in [-0.39, 0.29) is 0 Å². The molecule has 0 saturated carbocycles. The van der Waals surface area contributed by atoms with Gasteiger partial charge >= 0.3 is 7.12 Å². The van der Waals surface area contributed by atoms with Crippen molar-refractivity contribution in [2.75, 3.05) is 0 Å². The Hall–Kier alpha value is -0.780. The average Bonchev–Trinajstić information content (AvgIpc) is 2.57. The molecule has 7 heteroatoms. The smallest absolute Gasteiger partial charge is 0.399 e. The molecule has 4 nitrogen and oxygen atoms in total. The molecular formula is C15H24B2O4S. The lowest BCUT2D eigenvalue weighted by Gasteiger charge is -2.32. The minimum absolute atomic E-state index is 0.320. The van der Waals surface area contributed by atoms with Crippen molar-refractivity contribution >= 4 is 30.3 Å². The standard InChI is InChI=1S/C15H24B2O4S/c1-13(2)14(3,4)21-17(20-13)11-7-9-12(10-8-11)22(18,19)15(5,6)16/h7-10H,16H2,1-6H3. The van der Waals surface area contributed by atoms with Gasteiger partial charge in [-0.05, 0) is 45.3 Å². The monoisotopic (exact) mass is 322 g/mol. The van der Waals surface area contributed by atoms with Crippen LogP contribution < -0.4 is 5.46 Å². The summed E-state index contributed by atoms with van der Waals surface area (Å²) in [5.74, 6) is 0. The summed E-state index contributed by atoms with van der Waals surface area (Å²) < 4.78 is 36.0. The van der Waals surface area contributed by atoms with Crippen molar-refractivity contribution in [3.63, 3.8) is 0 Å². The Balaban J connectivity index is 2.29. The van der Waals surface area contributed by atoms with Crippen molar-refractivity contribution in [3.05, 3.63) is 24.3 Å². The molecule has 1 fully saturated rings. The molecule has 0 amide bonds. The van der Waals surface area contributed by atoms with Crippen molar-refractivity contribution < 1.29 is 17.7 Å². The lowest BCUT2D eigenvalue weighted by Crippen LogP contribution is -2.41. The molecule has 0 unspecified atom stereocenters. The highest BCUT2D eigenvalue weighted by molar-refractivity contribution is 7.94. The summed E-state index contributed by atoms with van der Waals surface area (Å²) in [6.45, 7) is 11.4. The summed E-state index contributed by atoms with van der Waals surface area (Å²) in [4.78, 5) is 0.320. The third-order valence-electron chi connectivity index (χ3n) is 4.52. The van der Waals surface area contributed by atoms with E-state index in [1.165, 1.54) is 0 Å². The number of benzene rings is 1. The zero-order valence-corrected chi connectivity index (χ0v) is 15.2. The van der Waals surface area contributed by atoms with E-state index in [9.17, 15) is 8.42 Å². The van der Waals surface area contributed by atoms with Gasteiger partial charge in [0.15, 0.2) is 9.84 Å². The number of hydrogen-bond donors (Lipinski definition) is 0. The fourth-order valence-electron chi connectivity index (χ4n) is 2.14. The summed E-state index contributed by atoms with van der Waals surface area (Å²) in [6, 6.07) is 6.78. The summed E-state index contributed by atoms with van der Waals surface area (Å²) in [6.07, 6.45) is 0. The van der Waals surface area contributed by atoms with Crippen LogP contribution in [0.25, 0.3) is 0 Å². The first-order chi connectivity index (χ1) is 9.78. The van der Waals surface area contributed by atoms with E-state index < -0.39 is 32.8 Å². The van der Waals surface area contributed by atoms with Gasteiger partial charge in [-0.1, -0.05) is 26.0 Å². The second-order valence-corrected chi connectivity index (χ2v) is 10.5. The topological polar surface area (TPSA) is 52.6 Å². The minimum atomic E-state index is -3.34. The SMILES string of the molecule is BC(C)(C)S(=O)(=O)c1ccc(B2OC(C)(C)C(C)(C)O2)cc1. The van der Waals surface area contributed by atoms with Crippen molar-refractivity contribution in [1.82, 2.24) is 0 Å². The van der Waals surface area contributed by atoms with Crippen LogP contribution in [-0.4, -0.2) is 39.2 Å². The van der Waals surface area contributed by atoms with Crippen LogP contribution in [0.2, 0.25) is 0 Å². The lowest BCUT2D eigenvalue weighted by atomic mass is 9.79. The molecular weight excluding hydrogens is 298 g/mol. The molecule has 120 valence electrons. The minimum Gasteiger partial charge on any atom is -0.399 e. The first kappa shape index (κ1) is 17.6. The van der Waals surface area contributed by atoms with Crippen LogP contribution in [0.1, 0.15) is 41.5 Å². The van der Waals surface area contributed by atoms with Crippen molar-refractivity contribution in [3.8, 4) is 0 Å². The molecule has 22 heavy (non-hydrogen) atoms. The molecule has 0 atom stereocenters. The number of sulfone groups is 1. The van der Waals surface area contributed by atoms with Gasteiger partial charge in [0.05, 0.1) is 16.1 Å². The highest BCUT2D eigenvalue weighted by Gasteiger charge is 2.51. The zero-order valence-electron chi connectivity index (χ0n) is 14.4. The zero-order chi connectivity index (χ0) is 17.0. The molecule has 1 aromatic carbocycles. The van der Waals surface area contributed by atoms with Gasteiger partial charge in [0.1, 0.15) is 7.85 Å². The van der Waals surface area contributed by atoms with E-state index in [1.807, 2.05) is 27.7 Å². The lowest BCUT2D eigenvalue weighted by molar-refractivity contribution is 0.00578. The van der Waals surface area contributed by atoms with E-state index in [0.29, 0.717) is 4.90 Å². The maximum atomic E-state index is 12.4.